The van der Waals surface area contributed by atoms with Crippen molar-refractivity contribution in [2.24, 2.45) is 11.5 Å². The van der Waals surface area contributed by atoms with Gasteiger partial charge in [0.05, 0.1) is 0 Å². The monoisotopic (exact) mass is 275 g/mol. The molecule has 3 rings (SSSR count). The number of nitrogens with one attached hydrogen (secondary N) is 1. The van der Waals surface area contributed by atoms with Crippen LogP contribution in [0.3, 0.4) is 0 Å². The molecule has 104 valence electrons. The molecule has 3 nitrogen and oxygen atoms in total. The van der Waals surface area contributed by atoms with E-state index in [4.69, 9.17) is 11.5 Å². The first kappa shape index (κ1) is 13.1. The molecular formula is C18H17N3. The zero-order valence-corrected chi connectivity index (χ0v) is 11.7. The fourth-order valence-electron chi connectivity index (χ4n) is 2.35. The van der Waals surface area contributed by atoms with E-state index in [9.17, 15) is 0 Å². The lowest BCUT2D eigenvalue weighted by molar-refractivity contribution is 1.43. The minimum absolute atomic E-state index is 0.568. The predicted molar refractivity (Wildman–Crippen MR) is 90.2 cm³/mol. The summed E-state index contributed by atoms with van der Waals surface area (Å²) >= 11 is 0. The second-order valence-corrected chi connectivity index (χ2v) is 5.11. The Bertz CT molecular complexity index is 839. The maximum atomic E-state index is 5.74. The molecule has 0 spiro atoms. The van der Waals surface area contributed by atoms with Crippen LogP contribution in [0.2, 0.25) is 0 Å². The van der Waals surface area contributed by atoms with Gasteiger partial charge in [0.2, 0.25) is 0 Å². The Kier molecular flexibility index (Phi) is 3.03. The van der Waals surface area contributed by atoms with Crippen LogP contribution < -0.4 is 11.5 Å². The molecule has 2 aromatic carbocycles. The normalized spacial score (nSPS) is 10.7. The molecule has 1 heterocycles. The van der Waals surface area contributed by atoms with Crippen molar-refractivity contribution >= 4 is 22.3 Å². The van der Waals surface area contributed by atoms with E-state index in [-0.39, 0.29) is 0 Å². The first-order valence-corrected chi connectivity index (χ1v) is 6.67. The smallest absolute Gasteiger partial charge is 0.0465 e. The van der Waals surface area contributed by atoms with Gasteiger partial charge in [-0.25, -0.2) is 0 Å². The average Bonchev–Trinajstić information content (AvgIpc) is 2.90. The molecule has 0 aliphatic heterocycles. The highest BCUT2D eigenvalue weighted by atomic mass is 14.7. The van der Waals surface area contributed by atoms with Gasteiger partial charge in [0.25, 0.3) is 0 Å². The minimum Gasteiger partial charge on any atom is -0.399 e. The zero-order chi connectivity index (χ0) is 15.0. The molecule has 21 heavy (non-hydrogen) atoms. The summed E-state index contributed by atoms with van der Waals surface area (Å²) in [5.41, 5.74) is 17.6. The highest BCUT2D eigenvalue weighted by Gasteiger charge is 2.05. The number of benzene rings is 2. The van der Waals surface area contributed by atoms with E-state index in [2.05, 4.69) is 24.2 Å². The van der Waals surface area contributed by atoms with Crippen molar-refractivity contribution in [2.75, 3.05) is 0 Å². The Morgan fingerprint density at radius 2 is 1.43 bits per heavy atom. The molecule has 0 bridgehead atoms. The Hall–Kier alpha value is -2.94. The zero-order valence-electron chi connectivity index (χ0n) is 11.7. The van der Waals surface area contributed by atoms with E-state index < -0.39 is 0 Å². The van der Waals surface area contributed by atoms with Gasteiger partial charge in [-0.3, -0.25) is 0 Å². The summed E-state index contributed by atoms with van der Waals surface area (Å²) in [5, 5.41) is 1.14. The minimum atomic E-state index is 0.568. The first-order chi connectivity index (χ1) is 10.0. The van der Waals surface area contributed by atoms with Gasteiger partial charge in [-0.15, -0.1) is 0 Å². The molecule has 0 saturated heterocycles. The third-order valence-electron chi connectivity index (χ3n) is 3.56. The van der Waals surface area contributed by atoms with Crippen molar-refractivity contribution in [3.63, 3.8) is 0 Å². The van der Waals surface area contributed by atoms with Crippen LogP contribution in [0.4, 0.5) is 0 Å². The van der Waals surface area contributed by atoms with E-state index >= 15 is 0 Å². The molecule has 0 fully saturated rings. The second kappa shape index (κ2) is 4.87. The van der Waals surface area contributed by atoms with Gasteiger partial charge < -0.3 is 16.5 Å². The van der Waals surface area contributed by atoms with Crippen molar-refractivity contribution in [2.45, 2.75) is 0 Å². The van der Waals surface area contributed by atoms with Gasteiger partial charge in [0, 0.05) is 28.0 Å². The van der Waals surface area contributed by atoms with Crippen LogP contribution in [-0.2, 0) is 0 Å². The number of nitrogens with two attached hydrogens (primary N) is 2. The number of hydrogen-bond acceptors (Lipinski definition) is 2. The molecule has 3 aromatic rings. The van der Waals surface area contributed by atoms with Crippen LogP contribution in [0, 0.1) is 0 Å². The Morgan fingerprint density at radius 1 is 0.810 bits per heavy atom. The molecule has 0 radical (unpaired) electrons. The van der Waals surface area contributed by atoms with Crippen molar-refractivity contribution in [3.05, 3.63) is 72.8 Å². The maximum absolute atomic E-state index is 5.74. The topological polar surface area (TPSA) is 67.8 Å². The third kappa shape index (κ3) is 2.41. The van der Waals surface area contributed by atoms with Gasteiger partial charge >= 0.3 is 0 Å². The Morgan fingerprint density at radius 3 is 2.05 bits per heavy atom. The lowest BCUT2D eigenvalue weighted by atomic mass is 10.1. The van der Waals surface area contributed by atoms with Crippen LogP contribution >= 0.6 is 0 Å². The van der Waals surface area contributed by atoms with E-state index in [1.54, 1.807) is 0 Å². The standard InChI is InChI=1S/C18H17N3/c1-11(19)13-3-5-14(6-4-13)17-10-16-8-7-15(12(2)20)9-18(16)21-17/h3-10,21H,1-2,19-20H2. The summed E-state index contributed by atoms with van der Waals surface area (Å²) in [7, 11) is 0. The number of fused-ring (bicyclic) bond motifs is 1. The Balaban J connectivity index is 2.04. The molecule has 0 unspecified atom stereocenters. The van der Waals surface area contributed by atoms with E-state index in [1.807, 2.05) is 42.5 Å². The van der Waals surface area contributed by atoms with E-state index in [0.29, 0.717) is 11.4 Å². The quantitative estimate of drug-likeness (QED) is 0.682. The number of aromatic nitrogens is 1. The molecule has 0 aliphatic rings. The lowest BCUT2D eigenvalue weighted by Crippen LogP contribution is -1.93. The van der Waals surface area contributed by atoms with Gasteiger partial charge in [-0.1, -0.05) is 49.6 Å². The summed E-state index contributed by atoms with van der Waals surface area (Å²) in [6, 6.07) is 16.1. The molecule has 3 heteroatoms. The summed E-state index contributed by atoms with van der Waals surface area (Å²) in [4.78, 5) is 3.41. The molecule has 0 atom stereocenters. The van der Waals surface area contributed by atoms with Gasteiger partial charge in [0.1, 0.15) is 0 Å². The highest BCUT2D eigenvalue weighted by molar-refractivity contribution is 5.88. The molecule has 5 N–H and O–H groups in total. The third-order valence-corrected chi connectivity index (χ3v) is 3.56. The summed E-state index contributed by atoms with van der Waals surface area (Å²) < 4.78 is 0. The summed E-state index contributed by atoms with van der Waals surface area (Å²) in [6.45, 7) is 7.51. The number of rotatable bonds is 3. The van der Waals surface area contributed by atoms with Crippen LogP contribution in [0.25, 0.3) is 33.6 Å². The van der Waals surface area contributed by atoms with Crippen LogP contribution in [0.1, 0.15) is 11.1 Å². The average molecular weight is 275 g/mol. The molecule has 0 aliphatic carbocycles. The van der Waals surface area contributed by atoms with Crippen molar-refractivity contribution in [3.8, 4) is 11.3 Å². The fraction of sp³-hybridized carbons (Fsp3) is 0. The summed E-state index contributed by atoms with van der Waals surface area (Å²) in [5.74, 6) is 0. The molecule has 0 saturated carbocycles. The van der Waals surface area contributed by atoms with E-state index in [0.717, 1.165) is 33.3 Å². The van der Waals surface area contributed by atoms with Crippen molar-refractivity contribution in [1.29, 1.82) is 0 Å². The van der Waals surface area contributed by atoms with Gasteiger partial charge in [-0.2, -0.15) is 0 Å². The van der Waals surface area contributed by atoms with Crippen LogP contribution in [0.15, 0.2) is 61.7 Å². The summed E-state index contributed by atoms with van der Waals surface area (Å²) in [6.07, 6.45) is 0. The highest BCUT2D eigenvalue weighted by Crippen LogP contribution is 2.26. The first-order valence-electron chi connectivity index (χ1n) is 6.67. The van der Waals surface area contributed by atoms with Crippen LogP contribution in [-0.4, -0.2) is 4.98 Å². The number of aromatic amines is 1. The molecule has 1 aromatic heterocycles. The largest absolute Gasteiger partial charge is 0.399 e. The molecular weight excluding hydrogens is 258 g/mol. The van der Waals surface area contributed by atoms with Gasteiger partial charge in [0.15, 0.2) is 0 Å². The number of H-pyrrole nitrogens is 1. The molecule has 0 amide bonds. The van der Waals surface area contributed by atoms with Crippen molar-refractivity contribution in [1.82, 2.24) is 4.98 Å². The van der Waals surface area contributed by atoms with Crippen LogP contribution in [0.5, 0.6) is 0 Å². The SMILES string of the molecule is C=C(N)c1ccc(-c2cc3ccc(C(=C)N)cc3[nH]2)cc1. The van der Waals surface area contributed by atoms with E-state index in [1.165, 1.54) is 0 Å². The second-order valence-electron chi connectivity index (χ2n) is 5.11. The van der Waals surface area contributed by atoms with Gasteiger partial charge in [-0.05, 0) is 28.8 Å². The maximum Gasteiger partial charge on any atom is 0.0465 e. The predicted octanol–water partition coefficient (Wildman–Crippen LogP) is 3.69. The number of hydrogen-bond donors (Lipinski definition) is 3. The Labute approximate surface area is 123 Å². The lowest BCUT2D eigenvalue weighted by Gasteiger charge is -2.02. The van der Waals surface area contributed by atoms with Crippen molar-refractivity contribution < 1.29 is 0 Å². The fourth-order valence-corrected chi connectivity index (χ4v) is 2.35.